The van der Waals surface area contributed by atoms with Crippen LogP contribution in [0, 0.1) is 3.57 Å². The minimum absolute atomic E-state index is 1.06. The van der Waals surface area contributed by atoms with Crippen molar-refractivity contribution in [2.75, 3.05) is 4.90 Å². The second kappa shape index (κ2) is 10.3. The predicted molar refractivity (Wildman–Crippen MR) is 148 cm³/mol. The molecule has 0 aliphatic heterocycles. The van der Waals surface area contributed by atoms with E-state index in [2.05, 4.69) is 138 Å². The van der Waals surface area contributed by atoms with Crippen LogP contribution >= 0.6 is 22.6 Å². The van der Waals surface area contributed by atoms with Gasteiger partial charge in [0, 0.05) is 20.6 Å². The van der Waals surface area contributed by atoms with E-state index >= 15 is 0 Å². The Kier molecular flexibility index (Phi) is 7.03. The first kappa shape index (κ1) is 21.8. The second-order valence-electron chi connectivity index (χ2n) is 7.34. The smallest absolute Gasteiger partial charge is 0.0472 e. The van der Waals surface area contributed by atoms with Crippen LogP contribution in [0.25, 0.3) is 16.7 Å². The molecular formula is C30H24IN. The SMILES string of the molecule is C=C/C=C(\C=C)c1ccc(N(c2ccc(-c3ccccc3)cc2)c2cccc(I)c2)cc1. The van der Waals surface area contributed by atoms with Gasteiger partial charge in [0.2, 0.25) is 0 Å². The van der Waals surface area contributed by atoms with Gasteiger partial charge >= 0.3 is 0 Å². The Morgan fingerprint density at radius 1 is 0.656 bits per heavy atom. The molecule has 0 amide bonds. The first-order valence-corrected chi connectivity index (χ1v) is 11.5. The summed E-state index contributed by atoms with van der Waals surface area (Å²) in [4.78, 5) is 2.28. The summed E-state index contributed by atoms with van der Waals surface area (Å²) in [6.45, 7) is 7.73. The summed E-state index contributed by atoms with van der Waals surface area (Å²) in [5.74, 6) is 0. The van der Waals surface area contributed by atoms with E-state index in [0.29, 0.717) is 0 Å². The van der Waals surface area contributed by atoms with E-state index in [-0.39, 0.29) is 0 Å². The molecule has 2 heteroatoms. The van der Waals surface area contributed by atoms with Crippen molar-refractivity contribution in [1.82, 2.24) is 0 Å². The van der Waals surface area contributed by atoms with Crippen molar-refractivity contribution in [2.24, 2.45) is 0 Å². The molecule has 0 atom stereocenters. The number of halogens is 1. The summed E-state index contributed by atoms with van der Waals surface area (Å²) in [7, 11) is 0. The van der Waals surface area contributed by atoms with E-state index < -0.39 is 0 Å². The van der Waals surface area contributed by atoms with Crippen molar-refractivity contribution in [2.45, 2.75) is 0 Å². The Labute approximate surface area is 204 Å². The molecule has 0 aromatic heterocycles. The maximum atomic E-state index is 3.92. The monoisotopic (exact) mass is 525 g/mol. The fourth-order valence-electron chi connectivity index (χ4n) is 3.71. The zero-order valence-corrected chi connectivity index (χ0v) is 19.9. The second-order valence-corrected chi connectivity index (χ2v) is 8.58. The van der Waals surface area contributed by atoms with Crippen LogP contribution in [0.3, 0.4) is 0 Å². The molecule has 0 fully saturated rings. The molecule has 32 heavy (non-hydrogen) atoms. The highest BCUT2D eigenvalue weighted by Gasteiger charge is 2.13. The Balaban J connectivity index is 1.76. The van der Waals surface area contributed by atoms with E-state index in [1.54, 1.807) is 6.08 Å². The van der Waals surface area contributed by atoms with Gasteiger partial charge < -0.3 is 4.90 Å². The van der Waals surface area contributed by atoms with E-state index in [4.69, 9.17) is 0 Å². The van der Waals surface area contributed by atoms with Gasteiger partial charge in [-0.05, 0) is 87.3 Å². The highest BCUT2D eigenvalue weighted by atomic mass is 127. The fraction of sp³-hybridized carbons (Fsp3) is 0. The van der Waals surface area contributed by atoms with Crippen molar-refractivity contribution in [3.8, 4) is 11.1 Å². The van der Waals surface area contributed by atoms with E-state index in [9.17, 15) is 0 Å². The Bertz CT molecular complexity index is 1240. The van der Waals surface area contributed by atoms with E-state index in [1.807, 2.05) is 18.2 Å². The zero-order valence-electron chi connectivity index (χ0n) is 17.8. The Hall–Kier alpha value is -3.37. The number of benzene rings is 4. The van der Waals surface area contributed by atoms with Crippen LogP contribution in [0.2, 0.25) is 0 Å². The van der Waals surface area contributed by atoms with Crippen molar-refractivity contribution in [3.63, 3.8) is 0 Å². The van der Waals surface area contributed by atoms with Gasteiger partial charge in [-0.3, -0.25) is 0 Å². The Morgan fingerprint density at radius 2 is 1.28 bits per heavy atom. The number of nitrogens with zero attached hydrogens (tertiary/aromatic N) is 1. The van der Waals surface area contributed by atoms with Gasteiger partial charge in [0.1, 0.15) is 0 Å². The van der Waals surface area contributed by atoms with E-state index in [0.717, 1.165) is 28.2 Å². The number of hydrogen-bond donors (Lipinski definition) is 0. The third kappa shape index (κ3) is 4.92. The lowest BCUT2D eigenvalue weighted by molar-refractivity contribution is 1.28. The largest absolute Gasteiger partial charge is 0.310 e. The standard InChI is InChI=1S/C30H24IN/c1-3-9-23(4-2)25-14-18-28(19-15-25)32(30-13-8-12-27(31)22-30)29-20-16-26(17-21-29)24-10-6-5-7-11-24/h3-22H,1-2H2/b23-9+. The summed E-state index contributed by atoms with van der Waals surface area (Å²) in [5.41, 5.74) is 7.94. The van der Waals surface area contributed by atoms with Crippen LogP contribution in [0.15, 0.2) is 135 Å². The number of rotatable bonds is 7. The summed E-state index contributed by atoms with van der Waals surface area (Å²) < 4.78 is 1.20. The molecule has 0 radical (unpaired) electrons. The summed E-state index contributed by atoms with van der Waals surface area (Å²) in [5, 5.41) is 0. The molecule has 0 aliphatic rings. The molecule has 0 N–H and O–H groups in total. The summed E-state index contributed by atoms with van der Waals surface area (Å²) in [6.07, 6.45) is 5.62. The quantitative estimate of drug-likeness (QED) is 0.172. The molecule has 0 unspecified atom stereocenters. The van der Waals surface area contributed by atoms with Crippen LogP contribution in [-0.4, -0.2) is 0 Å². The third-order valence-corrected chi connectivity index (χ3v) is 5.95. The Morgan fingerprint density at radius 3 is 1.88 bits per heavy atom. The molecule has 0 heterocycles. The number of hydrogen-bond acceptors (Lipinski definition) is 1. The van der Waals surface area contributed by atoms with Crippen LogP contribution in [0.4, 0.5) is 17.1 Å². The van der Waals surface area contributed by atoms with Crippen molar-refractivity contribution in [3.05, 3.63) is 144 Å². The highest BCUT2D eigenvalue weighted by molar-refractivity contribution is 14.1. The lowest BCUT2D eigenvalue weighted by Crippen LogP contribution is -2.10. The molecule has 0 saturated carbocycles. The number of anilines is 3. The van der Waals surface area contributed by atoms with Crippen molar-refractivity contribution < 1.29 is 0 Å². The first-order chi connectivity index (χ1) is 15.7. The van der Waals surface area contributed by atoms with Gasteiger partial charge in [-0.15, -0.1) is 0 Å². The van der Waals surface area contributed by atoms with Gasteiger partial charge in [0.05, 0.1) is 0 Å². The molecule has 4 aromatic carbocycles. The minimum atomic E-state index is 1.06. The molecule has 0 aliphatic carbocycles. The molecule has 0 saturated heterocycles. The molecule has 156 valence electrons. The van der Waals surface area contributed by atoms with Gasteiger partial charge in [0.25, 0.3) is 0 Å². The van der Waals surface area contributed by atoms with Crippen molar-refractivity contribution in [1.29, 1.82) is 0 Å². The maximum Gasteiger partial charge on any atom is 0.0472 e. The van der Waals surface area contributed by atoms with Crippen LogP contribution in [0.5, 0.6) is 0 Å². The van der Waals surface area contributed by atoms with Crippen LogP contribution in [0.1, 0.15) is 5.56 Å². The molecule has 1 nitrogen and oxygen atoms in total. The molecule has 0 spiro atoms. The third-order valence-electron chi connectivity index (χ3n) is 5.28. The molecular weight excluding hydrogens is 501 g/mol. The minimum Gasteiger partial charge on any atom is -0.310 e. The molecule has 4 aromatic rings. The zero-order chi connectivity index (χ0) is 22.3. The normalized spacial score (nSPS) is 11.1. The van der Waals surface area contributed by atoms with Crippen molar-refractivity contribution >= 4 is 45.2 Å². The lowest BCUT2D eigenvalue weighted by Gasteiger charge is -2.26. The topological polar surface area (TPSA) is 3.24 Å². The summed E-state index contributed by atoms with van der Waals surface area (Å²) in [6, 6.07) is 36.3. The van der Waals surface area contributed by atoms with Gasteiger partial charge in [-0.25, -0.2) is 0 Å². The van der Waals surface area contributed by atoms with Gasteiger partial charge in [0.15, 0.2) is 0 Å². The highest BCUT2D eigenvalue weighted by Crippen LogP contribution is 2.36. The van der Waals surface area contributed by atoms with Gasteiger partial charge in [-0.1, -0.05) is 92.0 Å². The maximum absolute atomic E-state index is 3.92. The predicted octanol–water partition coefficient (Wildman–Crippen LogP) is 9.18. The average Bonchev–Trinajstić information content (AvgIpc) is 2.84. The van der Waals surface area contributed by atoms with Gasteiger partial charge in [-0.2, -0.15) is 0 Å². The molecule has 4 rings (SSSR count). The fourth-order valence-corrected chi connectivity index (χ4v) is 4.23. The number of allylic oxidation sites excluding steroid dienone is 4. The van der Waals surface area contributed by atoms with Crippen LogP contribution < -0.4 is 4.90 Å². The van der Waals surface area contributed by atoms with Crippen LogP contribution in [-0.2, 0) is 0 Å². The van der Waals surface area contributed by atoms with E-state index in [1.165, 1.54) is 14.7 Å². The molecule has 0 bridgehead atoms. The first-order valence-electron chi connectivity index (χ1n) is 10.5. The average molecular weight is 525 g/mol. The lowest BCUT2D eigenvalue weighted by atomic mass is 10.0. The summed E-state index contributed by atoms with van der Waals surface area (Å²) >= 11 is 2.36.